The summed E-state index contributed by atoms with van der Waals surface area (Å²) in [5, 5.41) is 3.06. The van der Waals surface area contributed by atoms with Gasteiger partial charge in [0.25, 0.3) is 0 Å². The van der Waals surface area contributed by atoms with Gasteiger partial charge in [0.05, 0.1) is 14.2 Å². The summed E-state index contributed by atoms with van der Waals surface area (Å²) < 4.78 is 50.9. The molecule has 0 spiro atoms. The molecule has 1 N–H and O–H groups in total. The van der Waals surface area contributed by atoms with Crippen molar-refractivity contribution in [2.45, 2.75) is 12.2 Å². The normalized spacial score (nSPS) is 17.5. The number of alkyl halides is 3. The third-order valence-corrected chi connectivity index (χ3v) is 3.56. The highest BCUT2D eigenvalue weighted by Crippen LogP contribution is 2.42. The number of hydrogen-bond acceptors (Lipinski definition) is 4. The van der Waals surface area contributed by atoms with Gasteiger partial charge in [-0.3, -0.25) is 4.90 Å². The molecular weight excluding hydrogens is 321 g/mol. The quantitative estimate of drug-likeness (QED) is 0.913. The molecular formula is C14H20ClF3N2O2. The van der Waals surface area contributed by atoms with Crippen molar-refractivity contribution in [3.63, 3.8) is 0 Å². The van der Waals surface area contributed by atoms with Gasteiger partial charge in [0.2, 0.25) is 0 Å². The fraction of sp³-hybridized carbons (Fsp3) is 0.571. The van der Waals surface area contributed by atoms with E-state index in [-0.39, 0.29) is 23.7 Å². The van der Waals surface area contributed by atoms with E-state index in [9.17, 15) is 13.2 Å². The summed E-state index contributed by atoms with van der Waals surface area (Å²) >= 11 is 0. The maximum atomic E-state index is 13.6. The Labute approximate surface area is 134 Å². The van der Waals surface area contributed by atoms with Crippen molar-refractivity contribution in [3.8, 4) is 11.5 Å². The van der Waals surface area contributed by atoms with Crippen molar-refractivity contribution in [3.05, 3.63) is 23.8 Å². The Morgan fingerprint density at radius 1 is 1.14 bits per heavy atom. The lowest BCUT2D eigenvalue weighted by molar-refractivity contribution is -0.188. The molecule has 0 bridgehead atoms. The van der Waals surface area contributed by atoms with Gasteiger partial charge in [-0.05, 0) is 18.2 Å². The molecule has 0 amide bonds. The highest BCUT2D eigenvalue weighted by atomic mass is 35.5. The minimum absolute atomic E-state index is 0. The van der Waals surface area contributed by atoms with Gasteiger partial charge in [-0.15, -0.1) is 12.4 Å². The third-order valence-electron chi connectivity index (χ3n) is 3.56. The van der Waals surface area contributed by atoms with Crippen LogP contribution in [-0.4, -0.2) is 51.5 Å². The van der Waals surface area contributed by atoms with Gasteiger partial charge in [0.15, 0.2) is 0 Å². The molecule has 0 radical (unpaired) electrons. The Kier molecular flexibility index (Phi) is 6.77. The van der Waals surface area contributed by atoms with E-state index in [1.165, 1.54) is 31.3 Å². The lowest BCUT2D eigenvalue weighted by atomic mass is 10.0. The molecule has 1 atom stereocenters. The lowest BCUT2D eigenvalue weighted by Crippen LogP contribution is -2.49. The SMILES string of the molecule is COc1ccc(OC)c([C@H](N2CCNCC2)C(F)(F)F)c1.Cl. The van der Waals surface area contributed by atoms with Gasteiger partial charge < -0.3 is 14.8 Å². The second kappa shape index (κ2) is 7.89. The van der Waals surface area contributed by atoms with Crippen LogP contribution in [-0.2, 0) is 0 Å². The maximum Gasteiger partial charge on any atom is 0.408 e. The first-order valence-corrected chi connectivity index (χ1v) is 6.70. The van der Waals surface area contributed by atoms with Gasteiger partial charge >= 0.3 is 6.18 Å². The van der Waals surface area contributed by atoms with Gasteiger partial charge in [-0.1, -0.05) is 0 Å². The monoisotopic (exact) mass is 340 g/mol. The number of methoxy groups -OCH3 is 2. The molecule has 0 aliphatic carbocycles. The fourth-order valence-electron chi connectivity index (χ4n) is 2.57. The molecule has 0 unspecified atom stereocenters. The first-order chi connectivity index (χ1) is 9.97. The van der Waals surface area contributed by atoms with E-state index >= 15 is 0 Å². The van der Waals surface area contributed by atoms with Crippen LogP contribution in [0.2, 0.25) is 0 Å². The van der Waals surface area contributed by atoms with Crippen LogP contribution in [0.3, 0.4) is 0 Å². The van der Waals surface area contributed by atoms with Crippen LogP contribution >= 0.6 is 12.4 Å². The average molecular weight is 341 g/mol. The molecule has 126 valence electrons. The molecule has 4 nitrogen and oxygen atoms in total. The molecule has 1 saturated heterocycles. The standard InChI is InChI=1S/C14H19F3N2O2.ClH/c1-20-10-3-4-12(21-2)11(9-10)13(14(15,16)17)19-7-5-18-6-8-19;/h3-4,9,13,18H,5-8H2,1-2H3;1H/t13-;/m0./s1. The van der Waals surface area contributed by atoms with Crippen LogP contribution < -0.4 is 14.8 Å². The van der Waals surface area contributed by atoms with Crippen LogP contribution in [0.5, 0.6) is 11.5 Å². The summed E-state index contributed by atoms with van der Waals surface area (Å²) in [5.74, 6) is 0.604. The summed E-state index contributed by atoms with van der Waals surface area (Å²) in [5.41, 5.74) is 0.0891. The number of benzene rings is 1. The lowest BCUT2D eigenvalue weighted by Gasteiger charge is -2.36. The third kappa shape index (κ3) is 4.18. The maximum absolute atomic E-state index is 13.6. The van der Waals surface area contributed by atoms with E-state index in [0.29, 0.717) is 31.9 Å². The van der Waals surface area contributed by atoms with Crippen LogP contribution in [0.15, 0.2) is 18.2 Å². The minimum Gasteiger partial charge on any atom is -0.497 e. The number of piperazine rings is 1. The summed E-state index contributed by atoms with van der Waals surface area (Å²) in [4.78, 5) is 1.42. The number of nitrogens with one attached hydrogen (secondary N) is 1. The Hall–Kier alpha value is -1.18. The van der Waals surface area contributed by atoms with Crippen molar-refractivity contribution < 1.29 is 22.6 Å². The predicted octanol–water partition coefficient (Wildman–Crippen LogP) is 2.63. The van der Waals surface area contributed by atoms with E-state index in [1.807, 2.05) is 0 Å². The highest BCUT2D eigenvalue weighted by molar-refractivity contribution is 5.85. The second-order valence-electron chi connectivity index (χ2n) is 4.84. The van der Waals surface area contributed by atoms with Gasteiger partial charge in [0, 0.05) is 31.7 Å². The topological polar surface area (TPSA) is 33.7 Å². The molecule has 1 aromatic rings. The molecule has 22 heavy (non-hydrogen) atoms. The Balaban J connectivity index is 0.00000242. The molecule has 8 heteroatoms. The first kappa shape index (κ1) is 18.9. The van der Waals surface area contributed by atoms with E-state index in [2.05, 4.69) is 5.32 Å². The summed E-state index contributed by atoms with van der Waals surface area (Å²) in [6.07, 6.45) is -4.38. The van der Waals surface area contributed by atoms with Crippen LogP contribution in [0, 0.1) is 0 Å². The zero-order valence-corrected chi connectivity index (χ0v) is 13.3. The van der Waals surface area contributed by atoms with E-state index in [4.69, 9.17) is 9.47 Å². The van der Waals surface area contributed by atoms with Crippen molar-refractivity contribution in [2.24, 2.45) is 0 Å². The fourth-order valence-corrected chi connectivity index (χ4v) is 2.57. The van der Waals surface area contributed by atoms with Crippen LogP contribution in [0.1, 0.15) is 11.6 Å². The zero-order valence-electron chi connectivity index (χ0n) is 12.4. The van der Waals surface area contributed by atoms with E-state index in [0.717, 1.165) is 0 Å². The van der Waals surface area contributed by atoms with Crippen molar-refractivity contribution in [1.82, 2.24) is 10.2 Å². The minimum atomic E-state index is -4.38. The Bertz CT molecular complexity index is 480. The Morgan fingerprint density at radius 3 is 2.27 bits per heavy atom. The zero-order chi connectivity index (χ0) is 15.5. The summed E-state index contributed by atoms with van der Waals surface area (Å²) in [6.45, 7) is 1.76. The van der Waals surface area contributed by atoms with Crippen LogP contribution in [0.25, 0.3) is 0 Å². The average Bonchev–Trinajstić information content (AvgIpc) is 2.47. The number of halogens is 4. The Morgan fingerprint density at radius 2 is 1.77 bits per heavy atom. The smallest absolute Gasteiger partial charge is 0.408 e. The number of hydrogen-bond donors (Lipinski definition) is 1. The van der Waals surface area contributed by atoms with Gasteiger partial charge in [0.1, 0.15) is 17.5 Å². The first-order valence-electron chi connectivity index (χ1n) is 6.70. The molecule has 0 aromatic heterocycles. The predicted molar refractivity (Wildman–Crippen MR) is 80.0 cm³/mol. The molecule has 1 heterocycles. The molecule has 0 saturated carbocycles. The van der Waals surface area contributed by atoms with Gasteiger partial charge in [-0.2, -0.15) is 13.2 Å². The molecule has 1 fully saturated rings. The summed E-state index contributed by atoms with van der Waals surface area (Å²) in [6, 6.07) is 2.81. The van der Waals surface area contributed by atoms with Gasteiger partial charge in [-0.25, -0.2) is 0 Å². The van der Waals surface area contributed by atoms with Crippen LogP contribution in [0.4, 0.5) is 13.2 Å². The molecule has 1 aromatic carbocycles. The van der Waals surface area contributed by atoms with Crippen molar-refractivity contribution in [2.75, 3.05) is 40.4 Å². The van der Waals surface area contributed by atoms with Crippen molar-refractivity contribution in [1.29, 1.82) is 0 Å². The van der Waals surface area contributed by atoms with Crippen molar-refractivity contribution >= 4 is 12.4 Å². The number of ether oxygens (including phenoxy) is 2. The summed E-state index contributed by atoms with van der Waals surface area (Å²) in [7, 11) is 2.80. The highest BCUT2D eigenvalue weighted by Gasteiger charge is 2.46. The molecule has 1 aliphatic rings. The number of rotatable bonds is 4. The molecule has 1 aliphatic heterocycles. The van der Waals surface area contributed by atoms with E-state index < -0.39 is 12.2 Å². The number of nitrogens with zero attached hydrogens (tertiary/aromatic N) is 1. The molecule has 2 rings (SSSR count). The second-order valence-corrected chi connectivity index (χ2v) is 4.84. The largest absolute Gasteiger partial charge is 0.497 e. The van der Waals surface area contributed by atoms with E-state index in [1.54, 1.807) is 6.07 Å².